The maximum atomic E-state index is 10.4. The van der Waals surface area contributed by atoms with Crippen LogP contribution >= 0.6 is 0 Å². The van der Waals surface area contributed by atoms with E-state index in [0.717, 1.165) is 6.08 Å². The molecule has 5 nitrogen and oxygen atoms in total. The van der Waals surface area contributed by atoms with Gasteiger partial charge in [-0.15, -0.1) is 0 Å². The summed E-state index contributed by atoms with van der Waals surface area (Å²) in [5.41, 5.74) is 6.78. The Morgan fingerprint density at radius 1 is 1.47 bits per heavy atom. The molecule has 0 aliphatic carbocycles. The van der Waals surface area contributed by atoms with Crippen LogP contribution in [0.1, 0.15) is 12.0 Å². The number of carboxylic acid groups (broad SMARTS) is 1. The van der Waals surface area contributed by atoms with E-state index in [1.54, 1.807) is 18.2 Å². The molecule has 0 unspecified atom stereocenters. The fourth-order valence-corrected chi connectivity index (χ4v) is 1.27. The molecular weight excluding hydrogens is 222 g/mol. The quantitative estimate of drug-likeness (QED) is 0.392. The summed E-state index contributed by atoms with van der Waals surface area (Å²) in [4.78, 5) is 10.4. The number of nitrogens with two attached hydrogens (primary N) is 1. The number of hydrogen-bond donors (Lipinski definition) is 3. The minimum atomic E-state index is -1.03. The number of ether oxygens (including phenoxy) is 1. The molecule has 1 aromatic rings. The Hall–Kier alpha value is -2.01. The summed E-state index contributed by atoms with van der Waals surface area (Å²) in [6.45, 7) is 0.367. The lowest BCUT2D eigenvalue weighted by Crippen LogP contribution is -2.03. The molecule has 0 saturated carbocycles. The van der Waals surface area contributed by atoms with Crippen LogP contribution in [-0.4, -0.2) is 29.4 Å². The van der Waals surface area contributed by atoms with Gasteiger partial charge < -0.3 is 20.7 Å². The number of carboxylic acids is 1. The molecule has 0 aromatic heterocycles. The lowest BCUT2D eigenvalue weighted by molar-refractivity contribution is -0.131. The maximum absolute atomic E-state index is 10.4. The van der Waals surface area contributed by atoms with E-state index in [0.29, 0.717) is 30.0 Å². The SMILES string of the molecule is Nc1cccc(C=CC(=O)O)c1OCCCO. The number of benzene rings is 1. The smallest absolute Gasteiger partial charge is 0.328 e. The van der Waals surface area contributed by atoms with Crippen LogP contribution in [0, 0.1) is 0 Å². The third-order valence-corrected chi connectivity index (χ3v) is 2.03. The molecule has 0 amide bonds. The molecule has 17 heavy (non-hydrogen) atoms. The zero-order valence-corrected chi connectivity index (χ0v) is 9.30. The van der Waals surface area contributed by atoms with Gasteiger partial charge in [-0.2, -0.15) is 0 Å². The Morgan fingerprint density at radius 2 is 2.24 bits per heavy atom. The number of aliphatic hydroxyl groups excluding tert-OH is 1. The van der Waals surface area contributed by atoms with Crippen molar-refractivity contribution in [1.29, 1.82) is 0 Å². The van der Waals surface area contributed by atoms with Gasteiger partial charge in [-0.1, -0.05) is 12.1 Å². The summed E-state index contributed by atoms with van der Waals surface area (Å²) < 4.78 is 5.41. The summed E-state index contributed by atoms with van der Waals surface area (Å²) in [6, 6.07) is 5.10. The van der Waals surface area contributed by atoms with E-state index >= 15 is 0 Å². The monoisotopic (exact) mass is 237 g/mol. The zero-order valence-electron chi connectivity index (χ0n) is 9.30. The first kappa shape index (κ1) is 13.1. The van der Waals surface area contributed by atoms with Gasteiger partial charge in [0.25, 0.3) is 0 Å². The molecule has 0 bridgehead atoms. The summed E-state index contributed by atoms with van der Waals surface area (Å²) in [5, 5.41) is 17.2. The fraction of sp³-hybridized carbons (Fsp3) is 0.250. The minimum Gasteiger partial charge on any atom is -0.491 e. The molecule has 0 radical (unpaired) electrons. The van der Waals surface area contributed by atoms with Gasteiger partial charge in [-0.05, 0) is 12.1 Å². The second-order valence-electron chi connectivity index (χ2n) is 3.36. The number of aliphatic carboxylic acids is 1. The van der Waals surface area contributed by atoms with E-state index in [1.165, 1.54) is 6.08 Å². The van der Waals surface area contributed by atoms with E-state index in [-0.39, 0.29) is 6.61 Å². The van der Waals surface area contributed by atoms with E-state index < -0.39 is 5.97 Å². The van der Waals surface area contributed by atoms with Crippen molar-refractivity contribution in [3.8, 4) is 5.75 Å². The number of nitrogen functional groups attached to an aromatic ring is 1. The van der Waals surface area contributed by atoms with Crippen molar-refractivity contribution in [1.82, 2.24) is 0 Å². The second kappa shape index (κ2) is 6.55. The average Bonchev–Trinajstić information content (AvgIpc) is 2.29. The lowest BCUT2D eigenvalue weighted by Gasteiger charge is -2.11. The summed E-state index contributed by atoms with van der Waals surface area (Å²) in [5.74, 6) is -0.591. The van der Waals surface area contributed by atoms with Crippen molar-refractivity contribution in [3.05, 3.63) is 29.8 Å². The molecule has 92 valence electrons. The molecule has 0 aliphatic heterocycles. The molecule has 0 heterocycles. The van der Waals surface area contributed by atoms with Gasteiger partial charge in [0.1, 0.15) is 5.75 Å². The third-order valence-electron chi connectivity index (χ3n) is 2.03. The lowest BCUT2D eigenvalue weighted by atomic mass is 10.1. The standard InChI is InChI=1S/C12H15NO4/c13-10-4-1-3-9(5-6-11(15)16)12(10)17-8-2-7-14/h1,3-6,14H,2,7-8,13H2,(H,15,16). The van der Waals surface area contributed by atoms with Crippen molar-refractivity contribution in [2.75, 3.05) is 18.9 Å². The molecule has 0 spiro atoms. The summed E-state index contributed by atoms with van der Waals surface area (Å²) >= 11 is 0. The predicted octanol–water partition coefficient (Wildman–Crippen LogP) is 1.13. The third kappa shape index (κ3) is 4.16. The number of carbonyl (C=O) groups is 1. The van der Waals surface area contributed by atoms with Gasteiger partial charge in [-0.25, -0.2) is 4.79 Å². The van der Waals surface area contributed by atoms with Crippen molar-refractivity contribution >= 4 is 17.7 Å². The van der Waals surface area contributed by atoms with Crippen molar-refractivity contribution < 1.29 is 19.7 Å². The predicted molar refractivity (Wildman–Crippen MR) is 64.7 cm³/mol. The van der Waals surface area contributed by atoms with Crippen LogP contribution in [0.2, 0.25) is 0 Å². The fourth-order valence-electron chi connectivity index (χ4n) is 1.27. The van der Waals surface area contributed by atoms with Crippen molar-refractivity contribution in [2.45, 2.75) is 6.42 Å². The number of rotatable bonds is 6. The maximum Gasteiger partial charge on any atom is 0.328 e. The molecule has 1 rings (SSSR count). The van der Waals surface area contributed by atoms with Gasteiger partial charge in [0.2, 0.25) is 0 Å². The van der Waals surface area contributed by atoms with Crippen LogP contribution in [0.15, 0.2) is 24.3 Å². The first-order valence-electron chi connectivity index (χ1n) is 5.18. The Bertz CT molecular complexity index is 415. The van der Waals surface area contributed by atoms with Crippen LogP contribution in [0.25, 0.3) is 6.08 Å². The molecule has 0 saturated heterocycles. The Kier molecular flexibility index (Phi) is 5.03. The van der Waals surface area contributed by atoms with Crippen LogP contribution in [0.4, 0.5) is 5.69 Å². The van der Waals surface area contributed by atoms with E-state index in [1.807, 2.05) is 0 Å². The first-order chi connectivity index (χ1) is 8.15. The molecule has 4 N–H and O–H groups in total. The van der Waals surface area contributed by atoms with Gasteiger partial charge in [0.15, 0.2) is 0 Å². The van der Waals surface area contributed by atoms with E-state index in [4.69, 9.17) is 20.7 Å². The van der Waals surface area contributed by atoms with E-state index in [2.05, 4.69) is 0 Å². The van der Waals surface area contributed by atoms with Crippen LogP contribution in [0.3, 0.4) is 0 Å². The highest BCUT2D eigenvalue weighted by Gasteiger charge is 2.05. The molecule has 0 aliphatic rings. The first-order valence-corrected chi connectivity index (χ1v) is 5.18. The molecule has 1 aromatic carbocycles. The molecular formula is C12H15NO4. The normalized spacial score (nSPS) is 10.6. The topological polar surface area (TPSA) is 92.8 Å². The second-order valence-corrected chi connectivity index (χ2v) is 3.36. The highest BCUT2D eigenvalue weighted by atomic mass is 16.5. The van der Waals surface area contributed by atoms with Gasteiger partial charge >= 0.3 is 5.97 Å². The van der Waals surface area contributed by atoms with Crippen molar-refractivity contribution in [3.63, 3.8) is 0 Å². The summed E-state index contributed by atoms with van der Waals surface area (Å²) in [6.07, 6.45) is 2.94. The Balaban J connectivity index is 2.87. The van der Waals surface area contributed by atoms with Gasteiger partial charge in [0, 0.05) is 24.7 Å². The largest absolute Gasteiger partial charge is 0.491 e. The highest BCUT2D eigenvalue weighted by molar-refractivity contribution is 5.86. The summed E-state index contributed by atoms with van der Waals surface area (Å²) in [7, 11) is 0. The highest BCUT2D eigenvalue weighted by Crippen LogP contribution is 2.27. The van der Waals surface area contributed by atoms with Crippen LogP contribution < -0.4 is 10.5 Å². The number of hydrogen-bond acceptors (Lipinski definition) is 4. The minimum absolute atomic E-state index is 0.0348. The Labute approximate surface area is 99.1 Å². The molecule has 0 fully saturated rings. The van der Waals surface area contributed by atoms with Gasteiger partial charge in [-0.3, -0.25) is 0 Å². The van der Waals surface area contributed by atoms with Gasteiger partial charge in [0.05, 0.1) is 12.3 Å². The van der Waals surface area contributed by atoms with Crippen LogP contribution in [0.5, 0.6) is 5.75 Å². The zero-order chi connectivity index (χ0) is 12.7. The number of para-hydroxylation sites is 1. The molecule has 0 atom stereocenters. The van der Waals surface area contributed by atoms with Crippen molar-refractivity contribution in [2.24, 2.45) is 0 Å². The molecule has 5 heteroatoms. The van der Waals surface area contributed by atoms with Crippen LogP contribution in [-0.2, 0) is 4.79 Å². The Morgan fingerprint density at radius 3 is 2.88 bits per heavy atom. The number of anilines is 1. The average molecular weight is 237 g/mol. The van der Waals surface area contributed by atoms with E-state index in [9.17, 15) is 4.79 Å². The number of aliphatic hydroxyl groups is 1.